The number of hydrogen-bond donors (Lipinski definition) is 0. The van der Waals surface area contributed by atoms with Gasteiger partial charge in [-0.2, -0.15) is 0 Å². The van der Waals surface area contributed by atoms with Crippen LogP contribution in [0.15, 0.2) is 121 Å². The molecule has 0 saturated heterocycles. The minimum absolute atomic E-state index is 0.160. The Morgan fingerprint density at radius 3 is 0.675 bits per heavy atom. The maximum Gasteiger partial charge on any atom is 0.157 e. The normalized spacial score (nSPS) is 9.45. The van der Waals surface area contributed by atoms with Crippen LogP contribution in [0.5, 0.6) is 0 Å². The molecule has 0 nitrogen and oxygen atoms in total. The minimum atomic E-state index is -0.761. The molecule has 0 aliphatic heterocycles. The van der Waals surface area contributed by atoms with Crippen LogP contribution in [-0.2, 0) is 0 Å². The molecule has 0 atom stereocenters. The molecule has 40 heavy (non-hydrogen) atoms. The Labute approximate surface area is 233 Å². The highest BCUT2D eigenvalue weighted by atomic mass is 19.1. The van der Waals surface area contributed by atoms with Crippen LogP contribution in [0.2, 0.25) is 0 Å². The van der Waals surface area contributed by atoms with Gasteiger partial charge in [-0.25, -0.2) is 8.78 Å². The molecule has 0 aromatic heterocycles. The molecule has 0 aliphatic rings. The number of rotatable bonds is 0. The summed E-state index contributed by atoms with van der Waals surface area (Å²) in [4.78, 5) is 0. The second-order valence-corrected chi connectivity index (χ2v) is 8.59. The van der Waals surface area contributed by atoms with Crippen LogP contribution in [0.3, 0.4) is 0 Å². The van der Waals surface area contributed by atoms with Gasteiger partial charge in [-0.05, 0) is 48.5 Å². The Morgan fingerprint density at radius 2 is 0.475 bits per heavy atom. The van der Waals surface area contributed by atoms with E-state index in [-0.39, 0.29) is 22.3 Å². The molecule has 5 rings (SSSR count). The molecule has 5 aromatic carbocycles. The predicted molar refractivity (Wildman–Crippen MR) is 156 cm³/mol. The van der Waals surface area contributed by atoms with Crippen molar-refractivity contribution < 1.29 is 8.78 Å². The Morgan fingerprint density at radius 1 is 0.275 bits per heavy atom. The lowest BCUT2D eigenvalue weighted by atomic mass is 9.95. The van der Waals surface area contributed by atoms with E-state index in [1.165, 1.54) is 0 Å². The van der Waals surface area contributed by atoms with E-state index in [0.717, 1.165) is 0 Å². The summed E-state index contributed by atoms with van der Waals surface area (Å²) in [6.45, 7) is 0. The zero-order valence-corrected chi connectivity index (χ0v) is 21.3. The monoisotopic (exact) mass is 514 g/mol. The highest BCUT2D eigenvalue weighted by Gasteiger charge is 2.22. The van der Waals surface area contributed by atoms with Crippen molar-refractivity contribution in [1.29, 1.82) is 0 Å². The molecule has 0 unspecified atom stereocenters. The topological polar surface area (TPSA) is 0 Å². The third-order valence-corrected chi connectivity index (χ3v) is 5.80. The van der Waals surface area contributed by atoms with Crippen molar-refractivity contribution in [1.82, 2.24) is 0 Å². The summed E-state index contributed by atoms with van der Waals surface area (Å²) in [7, 11) is 0. The van der Waals surface area contributed by atoms with Crippen LogP contribution in [0.1, 0.15) is 44.5 Å². The third kappa shape index (κ3) is 6.36. The standard InChI is InChI=1S/C38H20F2/c39-37-33(25-21-29-13-5-1-6-14-29)34(26-22-30-15-7-2-8-16-30)38(40)36(28-24-32-19-11-4-12-20-32)35(37)27-23-31-17-9-3-10-18-31/h1-20H. The molecule has 0 N–H and O–H groups in total. The molecule has 0 heterocycles. The maximum absolute atomic E-state index is 16.3. The number of hydrogen-bond acceptors (Lipinski definition) is 0. The van der Waals surface area contributed by atoms with Crippen molar-refractivity contribution >= 4 is 0 Å². The average molecular weight is 515 g/mol. The van der Waals surface area contributed by atoms with E-state index < -0.39 is 11.6 Å². The van der Waals surface area contributed by atoms with E-state index in [2.05, 4.69) is 47.4 Å². The Bertz CT molecular complexity index is 1610. The van der Waals surface area contributed by atoms with E-state index >= 15 is 8.78 Å². The van der Waals surface area contributed by atoms with Gasteiger partial charge >= 0.3 is 0 Å². The van der Waals surface area contributed by atoms with Gasteiger partial charge in [0.25, 0.3) is 0 Å². The summed E-state index contributed by atoms with van der Waals surface area (Å²) in [5.41, 5.74) is 2.01. The van der Waals surface area contributed by atoms with Gasteiger partial charge in [0.2, 0.25) is 0 Å². The van der Waals surface area contributed by atoms with Gasteiger partial charge in [-0.1, -0.05) is 120 Å². The van der Waals surface area contributed by atoms with Gasteiger partial charge in [0, 0.05) is 22.3 Å². The van der Waals surface area contributed by atoms with Crippen molar-refractivity contribution in [3.05, 3.63) is 177 Å². The summed E-state index contributed by atoms with van der Waals surface area (Å²) < 4.78 is 32.6. The minimum Gasteiger partial charge on any atom is -0.204 e. The number of halogens is 2. The highest BCUT2D eigenvalue weighted by molar-refractivity contribution is 5.66. The second-order valence-electron chi connectivity index (χ2n) is 8.59. The van der Waals surface area contributed by atoms with Crippen molar-refractivity contribution in [2.45, 2.75) is 0 Å². The lowest BCUT2D eigenvalue weighted by Crippen LogP contribution is -2.05. The summed E-state index contributed by atoms with van der Waals surface area (Å²) in [5.74, 6) is 21.6. The Hall–Kier alpha value is -5.80. The fraction of sp³-hybridized carbons (Fsp3) is 0. The molecule has 2 heteroatoms. The maximum atomic E-state index is 16.3. The zero-order valence-electron chi connectivity index (χ0n) is 21.3. The molecule has 0 aliphatic carbocycles. The molecule has 0 spiro atoms. The third-order valence-electron chi connectivity index (χ3n) is 5.80. The fourth-order valence-electron chi connectivity index (χ4n) is 3.78. The molecule has 0 saturated carbocycles. The lowest BCUT2D eigenvalue weighted by Gasteiger charge is -2.08. The van der Waals surface area contributed by atoms with Gasteiger partial charge in [-0.15, -0.1) is 0 Å². The largest absolute Gasteiger partial charge is 0.204 e. The molecule has 186 valence electrons. The van der Waals surface area contributed by atoms with E-state index in [4.69, 9.17) is 0 Å². The molecule has 0 fully saturated rings. The van der Waals surface area contributed by atoms with Gasteiger partial charge in [0.1, 0.15) is 0 Å². The number of benzene rings is 5. The first-order valence-electron chi connectivity index (χ1n) is 12.5. The van der Waals surface area contributed by atoms with E-state index in [9.17, 15) is 0 Å². The predicted octanol–water partition coefficient (Wildman–Crippen LogP) is 7.56. The van der Waals surface area contributed by atoms with Gasteiger partial charge < -0.3 is 0 Å². The fourth-order valence-corrected chi connectivity index (χ4v) is 3.78. The smallest absolute Gasteiger partial charge is 0.157 e. The second kappa shape index (κ2) is 12.6. The van der Waals surface area contributed by atoms with Crippen LogP contribution in [-0.4, -0.2) is 0 Å². The van der Waals surface area contributed by atoms with Crippen LogP contribution >= 0.6 is 0 Å². The van der Waals surface area contributed by atoms with Crippen LogP contribution < -0.4 is 0 Å². The Balaban J connectivity index is 1.77. The molecular weight excluding hydrogens is 494 g/mol. The Kier molecular flexibility index (Phi) is 8.16. The summed E-state index contributed by atoms with van der Waals surface area (Å²) in [6.07, 6.45) is 0. The van der Waals surface area contributed by atoms with E-state index in [1.54, 1.807) is 48.5 Å². The molecule has 0 amide bonds. The lowest BCUT2D eigenvalue weighted by molar-refractivity contribution is 0.588. The first kappa shape index (κ1) is 25.8. The molecule has 5 aromatic rings. The quantitative estimate of drug-likeness (QED) is 0.187. The SMILES string of the molecule is Fc1c(C#Cc2ccccc2)c(C#Cc2ccccc2)c(F)c(C#Cc2ccccc2)c1C#Cc1ccccc1. The van der Waals surface area contributed by atoms with Crippen LogP contribution in [0.4, 0.5) is 8.78 Å². The van der Waals surface area contributed by atoms with Crippen LogP contribution in [0.25, 0.3) is 0 Å². The van der Waals surface area contributed by atoms with E-state index in [0.29, 0.717) is 22.3 Å². The van der Waals surface area contributed by atoms with Crippen molar-refractivity contribution in [3.8, 4) is 47.4 Å². The van der Waals surface area contributed by atoms with Gasteiger partial charge in [-0.3, -0.25) is 0 Å². The zero-order chi connectivity index (χ0) is 27.6. The first-order chi connectivity index (χ1) is 19.7. The molecular formula is C38H20F2. The molecule has 0 bridgehead atoms. The van der Waals surface area contributed by atoms with Crippen molar-refractivity contribution in [2.75, 3.05) is 0 Å². The molecule has 0 radical (unpaired) electrons. The summed E-state index contributed by atoms with van der Waals surface area (Å²) in [5, 5.41) is 0. The van der Waals surface area contributed by atoms with Gasteiger partial charge in [0.15, 0.2) is 11.6 Å². The van der Waals surface area contributed by atoms with Gasteiger partial charge in [0.05, 0.1) is 22.3 Å². The summed E-state index contributed by atoms with van der Waals surface area (Å²) in [6, 6.07) is 36.5. The highest BCUT2D eigenvalue weighted by Crippen LogP contribution is 2.25. The summed E-state index contributed by atoms with van der Waals surface area (Å²) >= 11 is 0. The average Bonchev–Trinajstić information content (AvgIpc) is 3.01. The first-order valence-corrected chi connectivity index (χ1v) is 12.5. The van der Waals surface area contributed by atoms with Crippen molar-refractivity contribution in [3.63, 3.8) is 0 Å². The van der Waals surface area contributed by atoms with Crippen molar-refractivity contribution in [2.24, 2.45) is 0 Å². The van der Waals surface area contributed by atoms with Crippen LogP contribution in [0, 0.1) is 59.0 Å². The van der Waals surface area contributed by atoms with E-state index in [1.807, 2.05) is 72.8 Å².